The van der Waals surface area contributed by atoms with Crippen molar-refractivity contribution in [3.05, 3.63) is 0 Å². The summed E-state index contributed by atoms with van der Waals surface area (Å²) in [6.07, 6.45) is 6.21. The largest absolute Gasteiger partial charge is 0.298 e. The number of nitrogens with zero attached hydrogens (tertiary/aromatic N) is 1. The Morgan fingerprint density at radius 2 is 1.71 bits per heavy atom. The highest BCUT2D eigenvalue weighted by Gasteiger charge is 2.49. The summed E-state index contributed by atoms with van der Waals surface area (Å²) < 4.78 is 0. The number of Topliss-reactive ketones (excluding diaryl/α,β-unsaturated/α-hetero) is 1. The molecule has 80 valence electrons. The lowest BCUT2D eigenvalue weighted by Crippen LogP contribution is -2.53. The average Bonchev–Trinajstić information content (AvgIpc) is 2.75. The third-order valence-electron chi connectivity index (χ3n) is 4.47. The molecule has 2 nitrogen and oxygen atoms in total. The molecule has 0 saturated carbocycles. The zero-order valence-corrected chi connectivity index (χ0v) is 9.55. The van der Waals surface area contributed by atoms with Gasteiger partial charge in [-0.2, -0.15) is 0 Å². The van der Waals surface area contributed by atoms with Gasteiger partial charge in [-0.05, 0) is 46.0 Å². The maximum absolute atomic E-state index is 11.8. The van der Waals surface area contributed by atoms with E-state index in [1.165, 1.54) is 25.7 Å². The molecule has 0 aliphatic carbocycles. The monoisotopic (exact) mass is 195 g/mol. The molecule has 2 fully saturated rings. The van der Waals surface area contributed by atoms with Crippen molar-refractivity contribution in [3.63, 3.8) is 0 Å². The van der Waals surface area contributed by atoms with E-state index in [1.54, 1.807) is 6.92 Å². The average molecular weight is 195 g/mol. The minimum Gasteiger partial charge on any atom is -0.298 e. The van der Waals surface area contributed by atoms with Crippen LogP contribution in [0.5, 0.6) is 0 Å². The van der Waals surface area contributed by atoms with Crippen molar-refractivity contribution < 1.29 is 4.79 Å². The third kappa shape index (κ3) is 1.23. The van der Waals surface area contributed by atoms with Crippen LogP contribution in [-0.4, -0.2) is 28.3 Å². The molecule has 0 aromatic heterocycles. The fourth-order valence-corrected chi connectivity index (χ4v) is 3.33. The van der Waals surface area contributed by atoms with E-state index in [9.17, 15) is 4.79 Å². The zero-order chi connectivity index (χ0) is 10.3. The van der Waals surface area contributed by atoms with E-state index < -0.39 is 0 Å². The Balaban J connectivity index is 2.24. The zero-order valence-electron chi connectivity index (χ0n) is 9.55. The first kappa shape index (κ1) is 10.2. The van der Waals surface area contributed by atoms with Crippen LogP contribution in [0.25, 0.3) is 0 Å². The predicted octanol–water partition coefficient (Wildman–Crippen LogP) is 2.37. The summed E-state index contributed by atoms with van der Waals surface area (Å²) in [5, 5.41) is 0. The van der Waals surface area contributed by atoms with Crippen LogP contribution in [0.1, 0.15) is 52.9 Å². The third-order valence-corrected chi connectivity index (χ3v) is 4.47. The summed E-state index contributed by atoms with van der Waals surface area (Å²) in [6, 6.07) is 1.41. The standard InChI is InChI=1S/C12H21NO/c1-4-12(3,9(2)14)13-10-5-6-11(13)8-7-10/h10-11H,4-8H2,1-3H3. The molecule has 0 N–H and O–H groups in total. The minimum absolute atomic E-state index is 0.178. The second kappa shape index (κ2) is 3.34. The Labute approximate surface area is 86.7 Å². The normalized spacial score (nSPS) is 35.9. The van der Waals surface area contributed by atoms with Gasteiger partial charge in [-0.1, -0.05) is 6.92 Å². The summed E-state index contributed by atoms with van der Waals surface area (Å²) in [6.45, 7) is 6.02. The lowest BCUT2D eigenvalue weighted by atomic mass is 9.91. The van der Waals surface area contributed by atoms with Gasteiger partial charge in [0.05, 0.1) is 5.54 Å². The van der Waals surface area contributed by atoms with Crippen LogP contribution in [0.15, 0.2) is 0 Å². The van der Waals surface area contributed by atoms with E-state index >= 15 is 0 Å². The van der Waals surface area contributed by atoms with Crippen LogP contribution in [0, 0.1) is 0 Å². The summed E-state index contributed by atoms with van der Waals surface area (Å²) in [4.78, 5) is 14.3. The molecule has 0 aromatic carbocycles. The molecular formula is C12H21NO. The van der Waals surface area contributed by atoms with Crippen LogP contribution in [-0.2, 0) is 4.79 Å². The van der Waals surface area contributed by atoms with Gasteiger partial charge in [-0.3, -0.25) is 9.69 Å². The number of hydrogen-bond acceptors (Lipinski definition) is 2. The van der Waals surface area contributed by atoms with Gasteiger partial charge >= 0.3 is 0 Å². The maximum atomic E-state index is 11.8. The van der Waals surface area contributed by atoms with Gasteiger partial charge in [-0.25, -0.2) is 0 Å². The van der Waals surface area contributed by atoms with Crippen LogP contribution < -0.4 is 0 Å². The highest BCUT2D eigenvalue weighted by Crippen LogP contribution is 2.43. The lowest BCUT2D eigenvalue weighted by molar-refractivity contribution is -0.129. The molecule has 0 radical (unpaired) electrons. The molecule has 1 unspecified atom stereocenters. The second-order valence-electron chi connectivity index (χ2n) is 5.05. The smallest absolute Gasteiger partial charge is 0.149 e. The Hall–Kier alpha value is -0.370. The van der Waals surface area contributed by atoms with Gasteiger partial charge in [0.2, 0.25) is 0 Å². The molecule has 14 heavy (non-hydrogen) atoms. The molecule has 2 heterocycles. The van der Waals surface area contributed by atoms with E-state index in [1.807, 2.05) is 0 Å². The molecule has 2 rings (SSSR count). The van der Waals surface area contributed by atoms with Crippen LogP contribution in [0.4, 0.5) is 0 Å². The fourth-order valence-electron chi connectivity index (χ4n) is 3.33. The van der Waals surface area contributed by atoms with Gasteiger partial charge in [0.25, 0.3) is 0 Å². The van der Waals surface area contributed by atoms with Crippen molar-refractivity contribution in [3.8, 4) is 0 Å². The van der Waals surface area contributed by atoms with E-state index in [4.69, 9.17) is 0 Å². The highest BCUT2D eigenvalue weighted by molar-refractivity contribution is 5.85. The molecule has 1 atom stereocenters. The van der Waals surface area contributed by atoms with E-state index in [0.717, 1.165) is 6.42 Å². The Kier molecular flexibility index (Phi) is 2.42. The number of carbonyl (C=O) groups is 1. The second-order valence-corrected chi connectivity index (χ2v) is 5.05. The van der Waals surface area contributed by atoms with Gasteiger partial charge in [0.15, 0.2) is 0 Å². The van der Waals surface area contributed by atoms with Crippen LogP contribution >= 0.6 is 0 Å². The summed E-state index contributed by atoms with van der Waals surface area (Å²) in [5.74, 6) is 0.346. The van der Waals surface area contributed by atoms with Crippen LogP contribution in [0.2, 0.25) is 0 Å². The van der Waals surface area contributed by atoms with Crippen molar-refractivity contribution in [1.82, 2.24) is 4.90 Å². The lowest BCUT2D eigenvalue weighted by Gasteiger charge is -2.39. The summed E-state index contributed by atoms with van der Waals surface area (Å²) >= 11 is 0. The van der Waals surface area contributed by atoms with Crippen molar-refractivity contribution in [2.75, 3.05) is 0 Å². The molecule has 2 aliphatic rings. The predicted molar refractivity (Wildman–Crippen MR) is 57.3 cm³/mol. The van der Waals surface area contributed by atoms with Crippen molar-refractivity contribution in [2.24, 2.45) is 0 Å². The van der Waals surface area contributed by atoms with Gasteiger partial charge in [0, 0.05) is 12.1 Å². The number of fused-ring (bicyclic) bond motifs is 2. The number of hydrogen-bond donors (Lipinski definition) is 0. The van der Waals surface area contributed by atoms with Gasteiger partial charge in [-0.15, -0.1) is 0 Å². The molecule has 2 heteroatoms. The SMILES string of the molecule is CCC(C)(C(C)=O)N1C2CCC1CC2. The first-order valence-corrected chi connectivity index (χ1v) is 5.89. The number of rotatable bonds is 3. The Morgan fingerprint density at radius 3 is 2.00 bits per heavy atom. The Morgan fingerprint density at radius 1 is 1.29 bits per heavy atom. The molecule has 0 aromatic rings. The molecule has 2 aliphatic heterocycles. The summed E-state index contributed by atoms with van der Waals surface area (Å²) in [7, 11) is 0. The van der Waals surface area contributed by atoms with Gasteiger partial charge < -0.3 is 0 Å². The first-order valence-electron chi connectivity index (χ1n) is 5.89. The van der Waals surface area contributed by atoms with E-state index in [0.29, 0.717) is 17.9 Å². The molecule has 2 bridgehead atoms. The first-order chi connectivity index (χ1) is 6.59. The number of carbonyl (C=O) groups excluding carboxylic acids is 1. The highest BCUT2D eigenvalue weighted by atomic mass is 16.1. The summed E-state index contributed by atoms with van der Waals surface area (Å²) in [5.41, 5.74) is -0.178. The van der Waals surface area contributed by atoms with Gasteiger partial charge in [0.1, 0.15) is 5.78 Å². The van der Waals surface area contributed by atoms with Crippen LogP contribution in [0.3, 0.4) is 0 Å². The number of ketones is 1. The topological polar surface area (TPSA) is 20.3 Å². The molecule has 0 amide bonds. The van der Waals surface area contributed by atoms with Crippen molar-refractivity contribution in [2.45, 2.75) is 70.5 Å². The van der Waals surface area contributed by atoms with E-state index in [-0.39, 0.29) is 5.54 Å². The van der Waals surface area contributed by atoms with Crippen molar-refractivity contribution in [1.29, 1.82) is 0 Å². The Bertz CT molecular complexity index is 231. The molecule has 2 saturated heterocycles. The molecular weight excluding hydrogens is 174 g/mol. The molecule has 0 spiro atoms. The maximum Gasteiger partial charge on any atom is 0.149 e. The minimum atomic E-state index is -0.178. The van der Waals surface area contributed by atoms with Crippen molar-refractivity contribution >= 4 is 5.78 Å². The quantitative estimate of drug-likeness (QED) is 0.689. The van der Waals surface area contributed by atoms with E-state index in [2.05, 4.69) is 18.7 Å². The fraction of sp³-hybridized carbons (Fsp3) is 0.917.